The van der Waals surface area contributed by atoms with Gasteiger partial charge in [0.1, 0.15) is 4.91 Å². The van der Waals surface area contributed by atoms with Crippen LogP contribution in [-0.2, 0) is 19.1 Å². The Balaban J connectivity index is 2.08. The van der Waals surface area contributed by atoms with E-state index in [1.807, 2.05) is 50.1 Å². The topological polar surface area (TPSA) is 71.4 Å². The van der Waals surface area contributed by atoms with Crippen LogP contribution in [0.15, 0.2) is 40.0 Å². The second-order valence-electron chi connectivity index (χ2n) is 5.77. The minimum atomic E-state index is -0.842. The zero-order valence-electron chi connectivity index (χ0n) is 15.1. The molecule has 0 amide bonds. The first-order chi connectivity index (χ1) is 12.3. The van der Waals surface area contributed by atoms with Crippen molar-refractivity contribution < 1.29 is 19.1 Å². The first-order valence-electron chi connectivity index (χ1n) is 7.79. The van der Waals surface area contributed by atoms with E-state index < -0.39 is 16.3 Å². The second kappa shape index (κ2) is 6.88. The van der Waals surface area contributed by atoms with Gasteiger partial charge in [0, 0.05) is 12.7 Å². The number of nitrogens with zero attached hydrogens (tertiary/aromatic N) is 3. The first-order valence-corrected chi connectivity index (χ1v) is 9.42. The third-order valence-electron chi connectivity index (χ3n) is 4.16. The average Bonchev–Trinajstić information content (AvgIpc) is 3.14. The maximum atomic E-state index is 12.2. The van der Waals surface area contributed by atoms with E-state index in [0.717, 1.165) is 16.9 Å². The molecule has 3 rings (SSSR count). The summed E-state index contributed by atoms with van der Waals surface area (Å²) >= 11 is 2.55. The van der Waals surface area contributed by atoms with Crippen LogP contribution in [0.25, 0.3) is 0 Å². The molecule has 0 saturated heterocycles. The van der Waals surface area contributed by atoms with E-state index in [4.69, 9.17) is 9.47 Å². The number of allylic oxidation sites excluding steroid dienone is 1. The summed E-state index contributed by atoms with van der Waals surface area (Å²) in [6.07, 6.45) is 0. The highest BCUT2D eigenvalue weighted by molar-refractivity contribution is 8.28. The predicted molar refractivity (Wildman–Crippen MR) is 104 cm³/mol. The number of hydrazone groups is 1. The molecule has 138 valence electrons. The monoisotopic (exact) mass is 393 g/mol. The van der Waals surface area contributed by atoms with Crippen LogP contribution in [-0.4, -0.2) is 47.5 Å². The van der Waals surface area contributed by atoms with Crippen LogP contribution in [0.5, 0.6) is 0 Å². The van der Waals surface area contributed by atoms with Gasteiger partial charge in [-0.25, -0.2) is 14.6 Å². The van der Waals surface area contributed by atoms with Gasteiger partial charge in [-0.2, -0.15) is 5.10 Å². The van der Waals surface area contributed by atoms with Crippen molar-refractivity contribution in [1.29, 1.82) is 0 Å². The predicted octanol–water partition coefficient (Wildman–Crippen LogP) is 2.73. The zero-order valence-corrected chi connectivity index (χ0v) is 16.7. The molecule has 1 aromatic carbocycles. The SMILES string of the molecule is COC(=O)C1=NN(c2cccc(C)c2)C2(S1)SC(C(=O)OC)=C(C)N2C. The first kappa shape index (κ1) is 18.7. The molecule has 2 heterocycles. The van der Waals surface area contributed by atoms with Crippen LogP contribution in [0.3, 0.4) is 0 Å². The van der Waals surface area contributed by atoms with Gasteiger partial charge in [0.2, 0.25) is 9.37 Å². The van der Waals surface area contributed by atoms with Crippen molar-refractivity contribution in [1.82, 2.24) is 4.90 Å². The minimum Gasteiger partial charge on any atom is -0.465 e. The Morgan fingerprint density at radius 2 is 1.81 bits per heavy atom. The highest BCUT2D eigenvalue weighted by atomic mass is 32.2. The Bertz CT molecular complexity index is 839. The fourth-order valence-electron chi connectivity index (χ4n) is 2.69. The fourth-order valence-corrected chi connectivity index (χ4v) is 5.62. The van der Waals surface area contributed by atoms with Crippen molar-refractivity contribution in [2.24, 2.45) is 5.10 Å². The van der Waals surface area contributed by atoms with Gasteiger partial charge in [-0.15, -0.1) is 0 Å². The summed E-state index contributed by atoms with van der Waals surface area (Å²) < 4.78 is 8.92. The Morgan fingerprint density at radius 1 is 1.12 bits per heavy atom. The van der Waals surface area contributed by atoms with Gasteiger partial charge >= 0.3 is 11.9 Å². The molecule has 2 aliphatic heterocycles. The quantitative estimate of drug-likeness (QED) is 0.726. The number of hydrogen-bond acceptors (Lipinski definition) is 9. The smallest absolute Gasteiger partial charge is 0.365 e. The molecular weight excluding hydrogens is 374 g/mol. The van der Waals surface area contributed by atoms with Crippen molar-refractivity contribution in [3.05, 3.63) is 40.4 Å². The molecule has 1 spiro atoms. The van der Waals surface area contributed by atoms with Crippen molar-refractivity contribution in [3.63, 3.8) is 0 Å². The van der Waals surface area contributed by atoms with Gasteiger partial charge < -0.3 is 14.4 Å². The molecular formula is C17H19N3O4S2. The number of methoxy groups -OCH3 is 2. The molecule has 0 radical (unpaired) electrons. The van der Waals surface area contributed by atoms with Crippen LogP contribution in [0.4, 0.5) is 5.69 Å². The summed E-state index contributed by atoms with van der Waals surface area (Å²) in [6.45, 7) is 3.83. The molecule has 9 heteroatoms. The number of ether oxygens (including phenoxy) is 2. The third kappa shape index (κ3) is 2.84. The summed E-state index contributed by atoms with van der Waals surface area (Å²) in [7, 11) is 4.54. The van der Waals surface area contributed by atoms with Gasteiger partial charge in [0.15, 0.2) is 0 Å². The molecule has 0 aromatic heterocycles. The number of anilines is 1. The Labute approximate surface area is 160 Å². The number of esters is 2. The van der Waals surface area contributed by atoms with E-state index in [1.165, 1.54) is 37.7 Å². The Kier molecular flexibility index (Phi) is 4.94. The third-order valence-corrected chi connectivity index (χ3v) is 7.19. The zero-order chi connectivity index (χ0) is 19.1. The van der Waals surface area contributed by atoms with Gasteiger partial charge in [0.25, 0.3) is 0 Å². The van der Waals surface area contributed by atoms with E-state index in [9.17, 15) is 9.59 Å². The van der Waals surface area contributed by atoms with Gasteiger partial charge in [0.05, 0.1) is 19.9 Å². The lowest BCUT2D eigenvalue weighted by atomic mass is 10.2. The molecule has 1 atom stereocenters. The largest absolute Gasteiger partial charge is 0.465 e. The highest BCUT2D eigenvalue weighted by Crippen LogP contribution is 2.58. The van der Waals surface area contributed by atoms with Crippen molar-refractivity contribution in [3.8, 4) is 0 Å². The van der Waals surface area contributed by atoms with E-state index in [1.54, 1.807) is 5.01 Å². The van der Waals surface area contributed by atoms with E-state index in [2.05, 4.69) is 5.10 Å². The summed E-state index contributed by atoms with van der Waals surface area (Å²) in [6, 6.07) is 7.81. The average molecular weight is 393 g/mol. The molecule has 0 aliphatic carbocycles. The van der Waals surface area contributed by atoms with Crippen molar-refractivity contribution >= 4 is 46.2 Å². The number of aryl methyl sites for hydroxylation is 1. The fraction of sp³-hybridized carbons (Fsp3) is 0.353. The van der Waals surface area contributed by atoms with Crippen molar-refractivity contribution in [2.45, 2.75) is 18.2 Å². The molecule has 1 unspecified atom stereocenters. The van der Waals surface area contributed by atoms with E-state index >= 15 is 0 Å². The number of hydrogen-bond donors (Lipinski definition) is 0. The lowest BCUT2D eigenvalue weighted by Crippen LogP contribution is -2.47. The van der Waals surface area contributed by atoms with E-state index in [0.29, 0.717) is 4.91 Å². The second-order valence-corrected chi connectivity index (χ2v) is 8.37. The minimum absolute atomic E-state index is 0.229. The number of carbonyl (C=O) groups is 2. The number of carbonyl (C=O) groups excluding carboxylic acids is 2. The van der Waals surface area contributed by atoms with Gasteiger partial charge in [-0.3, -0.25) is 0 Å². The maximum Gasteiger partial charge on any atom is 0.365 e. The molecule has 7 nitrogen and oxygen atoms in total. The summed E-state index contributed by atoms with van der Waals surface area (Å²) in [4.78, 5) is 26.7. The van der Waals surface area contributed by atoms with Crippen molar-refractivity contribution in [2.75, 3.05) is 26.3 Å². The van der Waals surface area contributed by atoms with Crippen LogP contribution in [0.1, 0.15) is 12.5 Å². The molecule has 0 saturated carbocycles. The molecule has 0 bridgehead atoms. The summed E-state index contributed by atoms with van der Waals surface area (Å²) in [5.41, 5.74) is 2.64. The van der Waals surface area contributed by atoms with Gasteiger partial charge in [-0.05, 0) is 43.3 Å². The molecule has 2 aliphatic rings. The lowest BCUT2D eigenvalue weighted by molar-refractivity contribution is -0.135. The molecule has 0 fully saturated rings. The van der Waals surface area contributed by atoms with E-state index in [-0.39, 0.29) is 5.04 Å². The number of benzene rings is 1. The summed E-state index contributed by atoms with van der Waals surface area (Å²) in [5, 5.41) is 6.49. The maximum absolute atomic E-state index is 12.2. The number of rotatable bonds is 3. The lowest BCUT2D eigenvalue weighted by Gasteiger charge is -2.39. The van der Waals surface area contributed by atoms with Crippen LogP contribution < -0.4 is 5.01 Å². The summed E-state index contributed by atoms with van der Waals surface area (Å²) in [5.74, 6) is -0.921. The highest BCUT2D eigenvalue weighted by Gasteiger charge is 2.56. The van der Waals surface area contributed by atoms with Gasteiger partial charge in [-0.1, -0.05) is 23.9 Å². The molecule has 26 heavy (non-hydrogen) atoms. The van der Waals surface area contributed by atoms with Crippen LogP contribution in [0, 0.1) is 6.92 Å². The van der Waals surface area contributed by atoms with Crippen LogP contribution >= 0.6 is 23.5 Å². The molecule has 0 N–H and O–H groups in total. The Morgan fingerprint density at radius 3 is 2.42 bits per heavy atom. The Hall–Kier alpha value is -2.13. The normalized spacial score (nSPS) is 22.1. The standard InChI is InChI=1S/C17H19N3O4S2/c1-10-7-6-8-12(9-10)20-17(26-14(18-20)16(22)24-5)19(3)11(2)13(25-17)15(21)23-4/h6-9H,1-5H3. The number of thioether (sulfide) groups is 2. The molecule has 1 aromatic rings. The van der Waals surface area contributed by atoms with Crippen LogP contribution in [0.2, 0.25) is 0 Å².